The maximum absolute atomic E-state index is 12.6. The van der Waals surface area contributed by atoms with Crippen molar-refractivity contribution in [2.75, 3.05) is 20.0 Å². The van der Waals surface area contributed by atoms with Crippen LogP contribution in [0.25, 0.3) is 11.2 Å². The van der Waals surface area contributed by atoms with Crippen molar-refractivity contribution in [2.24, 2.45) is 0 Å². The lowest BCUT2D eigenvalue weighted by atomic mass is 10.1. The average molecular weight is 544 g/mol. The normalized spacial score (nSPS) is 12.1. The molecule has 2 heterocycles. The number of aromatic amines is 1. The molecule has 0 bridgehead atoms. The summed E-state index contributed by atoms with van der Waals surface area (Å²) in [4.78, 5) is 13.4. The monoisotopic (exact) mass is 543 g/mol. The van der Waals surface area contributed by atoms with Crippen molar-refractivity contribution in [3.8, 4) is 11.5 Å². The zero-order valence-corrected chi connectivity index (χ0v) is 23.0. The van der Waals surface area contributed by atoms with E-state index in [-0.39, 0.29) is 4.90 Å². The van der Waals surface area contributed by atoms with Crippen LogP contribution >= 0.6 is 11.8 Å². The molecule has 0 aliphatic carbocycles. The molecule has 0 radical (unpaired) electrons. The van der Waals surface area contributed by atoms with Gasteiger partial charge in [-0.05, 0) is 68.4 Å². The Bertz CT molecular complexity index is 1510. The van der Waals surface area contributed by atoms with E-state index >= 15 is 0 Å². The van der Waals surface area contributed by atoms with Crippen molar-refractivity contribution in [1.82, 2.24) is 19.7 Å². The van der Waals surface area contributed by atoms with E-state index in [2.05, 4.69) is 14.7 Å². The van der Waals surface area contributed by atoms with Gasteiger partial charge in [0.05, 0.1) is 30.6 Å². The molecule has 0 fully saturated rings. The van der Waals surface area contributed by atoms with Crippen molar-refractivity contribution >= 4 is 38.8 Å². The van der Waals surface area contributed by atoms with Crippen LogP contribution in [0, 0.1) is 0 Å². The number of hydrogen-bond acceptors (Lipinski definition) is 8. The number of aryl methyl sites for hydroxylation is 2. The quantitative estimate of drug-likeness (QED) is 0.274. The molecule has 2 aromatic carbocycles. The Morgan fingerprint density at radius 1 is 1.11 bits per heavy atom. The second-order valence-corrected chi connectivity index (χ2v) is 12.1. The summed E-state index contributed by atoms with van der Waals surface area (Å²) in [5, 5.41) is 0.635. The van der Waals surface area contributed by atoms with Gasteiger partial charge in [0.2, 0.25) is 27.3 Å². The summed E-state index contributed by atoms with van der Waals surface area (Å²) in [6.07, 6.45) is 2.31. The van der Waals surface area contributed by atoms with Gasteiger partial charge in [0.15, 0.2) is 5.52 Å². The molecule has 0 spiro atoms. The van der Waals surface area contributed by atoms with Gasteiger partial charge in [0.1, 0.15) is 11.5 Å². The molecular weight excluding hydrogens is 512 g/mol. The molecular formula is C25H31N6O4S2+. The molecule has 0 atom stereocenters. The number of nitrogens with zero attached hydrogens (tertiary/aromatic N) is 3. The fraction of sp³-hybridized carbons (Fsp3) is 0.320. The maximum Gasteiger partial charge on any atom is 0.294 e. The van der Waals surface area contributed by atoms with Gasteiger partial charge < -0.3 is 20.2 Å². The number of ether oxygens (including phenoxy) is 2. The lowest BCUT2D eigenvalue weighted by molar-refractivity contribution is -0.675. The molecule has 4 aromatic rings. The highest BCUT2D eigenvalue weighted by atomic mass is 32.2. The summed E-state index contributed by atoms with van der Waals surface area (Å²) in [7, 11) is -0.353. The van der Waals surface area contributed by atoms with Crippen LogP contribution in [0.3, 0.4) is 0 Å². The number of benzene rings is 2. The molecule has 4 N–H and O–H groups in total. The summed E-state index contributed by atoms with van der Waals surface area (Å²) < 4.78 is 40.5. The van der Waals surface area contributed by atoms with Crippen LogP contribution in [0.5, 0.6) is 11.5 Å². The molecule has 12 heteroatoms. The van der Waals surface area contributed by atoms with Crippen molar-refractivity contribution in [3.05, 3.63) is 54.4 Å². The predicted octanol–water partition coefficient (Wildman–Crippen LogP) is 3.32. The topological polar surface area (TPSA) is 136 Å². The van der Waals surface area contributed by atoms with Gasteiger partial charge in [-0.1, -0.05) is 22.1 Å². The first-order valence-corrected chi connectivity index (χ1v) is 13.9. The third-order valence-corrected chi connectivity index (χ3v) is 8.12. The van der Waals surface area contributed by atoms with Crippen LogP contribution in [0.4, 0.5) is 5.82 Å². The van der Waals surface area contributed by atoms with E-state index in [9.17, 15) is 8.42 Å². The average Bonchev–Trinajstić information content (AvgIpc) is 3.27. The molecule has 0 saturated heterocycles. The van der Waals surface area contributed by atoms with Gasteiger partial charge >= 0.3 is 0 Å². The van der Waals surface area contributed by atoms with Crippen molar-refractivity contribution in [3.63, 3.8) is 0 Å². The third-order valence-electron chi connectivity index (χ3n) is 5.42. The summed E-state index contributed by atoms with van der Waals surface area (Å²) >= 11 is 1.40. The Kier molecular flexibility index (Phi) is 7.62. The first-order valence-electron chi connectivity index (χ1n) is 11.6. The highest BCUT2D eigenvalue weighted by Gasteiger charge is 2.23. The Morgan fingerprint density at radius 2 is 1.84 bits per heavy atom. The van der Waals surface area contributed by atoms with Gasteiger partial charge in [0, 0.05) is 12.0 Å². The molecule has 10 nitrogen and oxygen atoms in total. The van der Waals surface area contributed by atoms with E-state index in [1.807, 2.05) is 55.7 Å². The number of sulfonamides is 1. The molecule has 0 unspecified atom stereocenters. The minimum Gasteiger partial charge on any atom is -0.497 e. The predicted molar refractivity (Wildman–Crippen MR) is 142 cm³/mol. The van der Waals surface area contributed by atoms with Gasteiger partial charge in [-0.2, -0.15) is 0 Å². The van der Waals surface area contributed by atoms with Gasteiger partial charge in [0.25, 0.3) is 5.65 Å². The number of H-pyrrole nitrogens is 1. The minimum atomic E-state index is -3.58. The van der Waals surface area contributed by atoms with E-state index in [0.29, 0.717) is 46.6 Å². The Balaban J connectivity index is 1.54. The second-order valence-electron chi connectivity index (χ2n) is 9.43. The number of hydrogen-bond donors (Lipinski definition) is 3. The van der Waals surface area contributed by atoms with Gasteiger partial charge in [-0.15, -0.1) is 0 Å². The fourth-order valence-corrected chi connectivity index (χ4v) is 6.05. The number of rotatable bonds is 9. The molecule has 0 saturated carbocycles. The molecule has 0 aliphatic rings. The van der Waals surface area contributed by atoms with Crippen LogP contribution in [-0.2, 0) is 23.0 Å². The number of imidazole rings is 1. The molecule has 0 amide bonds. The van der Waals surface area contributed by atoms with Gasteiger partial charge in [-0.3, -0.25) is 0 Å². The summed E-state index contributed by atoms with van der Waals surface area (Å²) in [6, 6.07) is 12.4. The highest BCUT2D eigenvalue weighted by molar-refractivity contribution is 7.99. The van der Waals surface area contributed by atoms with Crippen LogP contribution in [0.1, 0.15) is 26.3 Å². The molecule has 4 rings (SSSR count). The van der Waals surface area contributed by atoms with Crippen LogP contribution in [0.15, 0.2) is 63.7 Å². The Morgan fingerprint density at radius 3 is 2.49 bits per heavy atom. The van der Waals surface area contributed by atoms with E-state index in [1.165, 1.54) is 11.8 Å². The van der Waals surface area contributed by atoms with Gasteiger partial charge in [-0.25, -0.2) is 17.7 Å². The Labute approximate surface area is 220 Å². The lowest BCUT2D eigenvalue weighted by Crippen LogP contribution is -2.40. The maximum atomic E-state index is 12.6. The van der Waals surface area contributed by atoms with E-state index in [1.54, 1.807) is 32.7 Å². The number of methoxy groups -OCH3 is 2. The minimum absolute atomic E-state index is 0.234. The Hall–Kier alpha value is -3.35. The zero-order chi connectivity index (χ0) is 26.8. The molecule has 196 valence electrons. The third kappa shape index (κ3) is 6.32. The first-order chi connectivity index (χ1) is 17.5. The summed E-state index contributed by atoms with van der Waals surface area (Å²) in [5.41, 5.74) is 7.87. The SMILES string of the molecule is COc1ccc(OC)c(Sc2nc3c([nH]2)c(N)nc[n+]3CCc2ccc(S(=O)(=O)NC(C)(C)C)cc2)c1. The lowest BCUT2D eigenvalue weighted by Gasteiger charge is -2.20. The molecule has 0 aliphatic heterocycles. The highest BCUT2D eigenvalue weighted by Crippen LogP contribution is 2.36. The fourth-order valence-electron chi connectivity index (χ4n) is 3.71. The summed E-state index contributed by atoms with van der Waals surface area (Å²) in [5.74, 6) is 1.76. The standard InChI is InChI=1S/C25H30N6O4S2/c1-25(2,3)30-37(32,33)18-9-6-16(7-10-18)12-13-31-15-27-22(26)21-23(31)29-24(28-21)36-20-14-17(34-4)8-11-19(20)35-5/h6-11,14-15,30H,12-13H2,1-5H3,(H2,26,28,29)/p+1. The van der Waals surface area contributed by atoms with E-state index < -0.39 is 15.6 Å². The molecule has 2 aromatic heterocycles. The number of nitrogen functional groups attached to an aromatic ring is 1. The first kappa shape index (κ1) is 26.7. The number of fused-ring (bicyclic) bond motifs is 1. The number of nitrogens with two attached hydrogens (primary N) is 1. The van der Waals surface area contributed by atoms with E-state index in [4.69, 9.17) is 20.2 Å². The van der Waals surface area contributed by atoms with Crippen molar-refractivity contribution in [1.29, 1.82) is 0 Å². The van der Waals surface area contributed by atoms with Crippen LogP contribution in [-0.4, -0.2) is 43.1 Å². The number of aromatic nitrogens is 4. The zero-order valence-electron chi connectivity index (χ0n) is 21.4. The second kappa shape index (κ2) is 10.6. The van der Waals surface area contributed by atoms with Crippen molar-refractivity contribution < 1.29 is 22.5 Å². The van der Waals surface area contributed by atoms with Crippen LogP contribution < -0.4 is 24.5 Å². The van der Waals surface area contributed by atoms with Crippen molar-refractivity contribution in [2.45, 2.75) is 54.2 Å². The summed E-state index contributed by atoms with van der Waals surface area (Å²) in [6.45, 7) is 6.00. The van der Waals surface area contributed by atoms with E-state index in [0.717, 1.165) is 10.5 Å². The smallest absolute Gasteiger partial charge is 0.294 e. The van der Waals surface area contributed by atoms with Crippen LogP contribution in [0.2, 0.25) is 0 Å². The number of anilines is 1. The number of nitrogens with one attached hydrogen (secondary N) is 2. The molecule has 37 heavy (non-hydrogen) atoms. The largest absolute Gasteiger partial charge is 0.497 e.